The Kier molecular flexibility index (Phi) is 4.72. The summed E-state index contributed by atoms with van der Waals surface area (Å²) in [7, 11) is 0. The van der Waals surface area contributed by atoms with Crippen LogP contribution in [0.25, 0.3) is 10.9 Å². The number of hydrogen-bond acceptors (Lipinski definition) is 2. The van der Waals surface area contributed by atoms with Crippen molar-refractivity contribution in [2.24, 2.45) is 0 Å². The molecule has 1 atom stereocenters. The average molecular weight is 300 g/mol. The number of aromatic nitrogens is 1. The quantitative estimate of drug-likeness (QED) is 0.868. The van der Waals surface area contributed by atoms with Crippen LogP contribution in [0.1, 0.15) is 44.7 Å². The first-order valence-corrected chi connectivity index (χ1v) is 8.73. The van der Waals surface area contributed by atoms with Gasteiger partial charge >= 0.3 is 0 Å². The van der Waals surface area contributed by atoms with Crippen LogP contribution in [0.15, 0.2) is 18.3 Å². The van der Waals surface area contributed by atoms with Gasteiger partial charge in [0.15, 0.2) is 0 Å². The summed E-state index contributed by atoms with van der Waals surface area (Å²) >= 11 is 0. The molecule has 1 aromatic heterocycles. The molecule has 0 fully saturated rings. The van der Waals surface area contributed by atoms with Crippen molar-refractivity contribution in [1.82, 2.24) is 9.88 Å². The SMILES string of the molecule is CCCN(CC)C(C)Cc1c[nH]c2ccc3c(c12)OCCC3. The van der Waals surface area contributed by atoms with Gasteiger partial charge < -0.3 is 14.6 Å². The van der Waals surface area contributed by atoms with Crippen LogP contribution in [-0.2, 0) is 12.8 Å². The Labute approximate surface area is 133 Å². The molecule has 1 N–H and O–H groups in total. The van der Waals surface area contributed by atoms with Gasteiger partial charge in [0.25, 0.3) is 0 Å². The molecule has 0 bridgehead atoms. The predicted molar refractivity (Wildman–Crippen MR) is 92.8 cm³/mol. The van der Waals surface area contributed by atoms with Gasteiger partial charge in [0.2, 0.25) is 0 Å². The Morgan fingerprint density at radius 2 is 2.18 bits per heavy atom. The highest BCUT2D eigenvalue weighted by Gasteiger charge is 2.20. The monoisotopic (exact) mass is 300 g/mol. The maximum absolute atomic E-state index is 6.02. The van der Waals surface area contributed by atoms with E-state index in [1.807, 2.05) is 0 Å². The van der Waals surface area contributed by atoms with Gasteiger partial charge in [0.05, 0.1) is 6.61 Å². The Hall–Kier alpha value is -1.48. The van der Waals surface area contributed by atoms with E-state index >= 15 is 0 Å². The van der Waals surface area contributed by atoms with Gasteiger partial charge in [-0.2, -0.15) is 0 Å². The third-order valence-corrected chi connectivity index (χ3v) is 4.85. The van der Waals surface area contributed by atoms with Crippen LogP contribution in [-0.4, -0.2) is 35.6 Å². The van der Waals surface area contributed by atoms with Gasteiger partial charge in [0, 0.05) is 23.1 Å². The number of benzene rings is 1. The second kappa shape index (κ2) is 6.74. The van der Waals surface area contributed by atoms with Gasteiger partial charge in [-0.05, 0) is 62.9 Å². The van der Waals surface area contributed by atoms with Crippen molar-refractivity contribution >= 4 is 10.9 Å². The molecule has 1 aliphatic rings. The number of aromatic amines is 1. The minimum absolute atomic E-state index is 0.559. The van der Waals surface area contributed by atoms with Gasteiger partial charge in [0.1, 0.15) is 5.75 Å². The Morgan fingerprint density at radius 3 is 2.95 bits per heavy atom. The predicted octanol–water partition coefficient (Wildman–Crippen LogP) is 4.16. The maximum Gasteiger partial charge on any atom is 0.132 e. The molecule has 0 saturated heterocycles. The van der Waals surface area contributed by atoms with E-state index in [1.54, 1.807) is 0 Å². The summed E-state index contributed by atoms with van der Waals surface area (Å²) in [4.78, 5) is 6.00. The second-order valence-corrected chi connectivity index (χ2v) is 6.42. The minimum atomic E-state index is 0.559. The number of aryl methyl sites for hydroxylation is 1. The summed E-state index contributed by atoms with van der Waals surface area (Å²) in [6.45, 7) is 10.00. The molecule has 0 saturated carbocycles. The summed E-state index contributed by atoms with van der Waals surface area (Å²) in [5.41, 5.74) is 3.98. The molecule has 1 aliphatic heterocycles. The first kappa shape index (κ1) is 15.4. The molecule has 1 aromatic carbocycles. The molecule has 3 heteroatoms. The highest BCUT2D eigenvalue weighted by molar-refractivity contribution is 5.90. The topological polar surface area (TPSA) is 28.3 Å². The lowest BCUT2D eigenvalue weighted by molar-refractivity contribution is 0.219. The molecule has 1 unspecified atom stereocenters. The second-order valence-electron chi connectivity index (χ2n) is 6.42. The first-order chi connectivity index (χ1) is 10.7. The zero-order valence-electron chi connectivity index (χ0n) is 14.1. The third kappa shape index (κ3) is 2.87. The van der Waals surface area contributed by atoms with E-state index < -0.39 is 0 Å². The van der Waals surface area contributed by atoms with E-state index in [0.29, 0.717) is 6.04 Å². The van der Waals surface area contributed by atoms with Crippen molar-refractivity contribution in [3.05, 3.63) is 29.5 Å². The van der Waals surface area contributed by atoms with Crippen LogP contribution in [0.5, 0.6) is 5.75 Å². The normalized spacial score (nSPS) is 15.8. The molecule has 2 heterocycles. The summed E-state index contributed by atoms with van der Waals surface area (Å²) in [6.07, 6.45) is 6.74. The molecule has 3 nitrogen and oxygen atoms in total. The van der Waals surface area contributed by atoms with E-state index in [0.717, 1.165) is 38.2 Å². The fourth-order valence-electron chi connectivity index (χ4n) is 3.69. The van der Waals surface area contributed by atoms with Gasteiger partial charge in [-0.1, -0.05) is 19.9 Å². The van der Waals surface area contributed by atoms with Gasteiger partial charge in [-0.3, -0.25) is 0 Å². The lowest BCUT2D eigenvalue weighted by Crippen LogP contribution is -2.35. The lowest BCUT2D eigenvalue weighted by atomic mass is 9.99. The van der Waals surface area contributed by atoms with Crippen LogP contribution in [0.2, 0.25) is 0 Å². The minimum Gasteiger partial charge on any atom is -0.493 e. The smallest absolute Gasteiger partial charge is 0.132 e. The van der Waals surface area contributed by atoms with E-state index in [4.69, 9.17) is 4.74 Å². The first-order valence-electron chi connectivity index (χ1n) is 8.73. The van der Waals surface area contributed by atoms with Crippen molar-refractivity contribution < 1.29 is 4.74 Å². The van der Waals surface area contributed by atoms with Crippen molar-refractivity contribution in [3.8, 4) is 5.75 Å². The Bertz CT molecular complexity index is 632. The number of nitrogens with one attached hydrogen (secondary N) is 1. The van der Waals surface area contributed by atoms with E-state index in [2.05, 4.69) is 49.0 Å². The zero-order valence-corrected chi connectivity index (χ0v) is 14.1. The van der Waals surface area contributed by atoms with Crippen LogP contribution >= 0.6 is 0 Å². The summed E-state index contributed by atoms with van der Waals surface area (Å²) in [5.74, 6) is 1.13. The number of H-pyrrole nitrogens is 1. The fraction of sp³-hybridized carbons (Fsp3) is 0.579. The maximum atomic E-state index is 6.02. The number of ether oxygens (including phenoxy) is 1. The fourth-order valence-corrected chi connectivity index (χ4v) is 3.69. The molecule has 120 valence electrons. The van der Waals surface area contributed by atoms with Gasteiger partial charge in [-0.25, -0.2) is 0 Å². The van der Waals surface area contributed by atoms with Crippen LogP contribution in [0.3, 0.4) is 0 Å². The number of hydrogen-bond donors (Lipinski definition) is 1. The molecule has 0 amide bonds. The van der Waals surface area contributed by atoms with Crippen molar-refractivity contribution in [3.63, 3.8) is 0 Å². The van der Waals surface area contributed by atoms with E-state index in [1.165, 1.54) is 35.0 Å². The summed E-state index contributed by atoms with van der Waals surface area (Å²) in [5, 5.41) is 1.32. The van der Waals surface area contributed by atoms with E-state index in [9.17, 15) is 0 Å². The average Bonchev–Trinajstić information content (AvgIpc) is 2.96. The lowest BCUT2D eigenvalue weighted by Gasteiger charge is -2.27. The van der Waals surface area contributed by atoms with Crippen molar-refractivity contribution in [1.29, 1.82) is 0 Å². The molecule has 2 aromatic rings. The summed E-state index contributed by atoms with van der Waals surface area (Å²) in [6, 6.07) is 4.99. The number of rotatable bonds is 6. The Morgan fingerprint density at radius 1 is 1.32 bits per heavy atom. The third-order valence-electron chi connectivity index (χ3n) is 4.85. The Balaban J connectivity index is 1.91. The van der Waals surface area contributed by atoms with Crippen LogP contribution in [0.4, 0.5) is 0 Å². The molecule has 22 heavy (non-hydrogen) atoms. The molecule has 0 aliphatic carbocycles. The van der Waals surface area contributed by atoms with Crippen LogP contribution in [0, 0.1) is 0 Å². The number of likely N-dealkylation sites (N-methyl/N-ethyl adjacent to an activating group) is 1. The molecular formula is C19H28N2O. The highest BCUT2D eigenvalue weighted by atomic mass is 16.5. The number of fused-ring (bicyclic) bond motifs is 3. The number of nitrogens with zero attached hydrogens (tertiary/aromatic N) is 1. The molecular weight excluding hydrogens is 272 g/mol. The zero-order chi connectivity index (χ0) is 15.5. The molecule has 0 spiro atoms. The molecule has 3 rings (SSSR count). The summed E-state index contributed by atoms with van der Waals surface area (Å²) < 4.78 is 6.02. The highest BCUT2D eigenvalue weighted by Crippen LogP contribution is 2.36. The molecule has 0 radical (unpaired) electrons. The van der Waals surface area contributed by atoms with Crippen molar-refractivity contribution in [2.45, 2.75) is 52.5 Å². The van der Waals surface area contributed by atoms with Gasteiger partial charge in [-0.15, -0.1) is 0 Å². The standard InChI is InChI=1S/C19H28N2O/c1-4-10-21(5-2)14(3)12-16-13-20-17-9-8-15-7-6-11-22-19(15)18(16)17/h8-9,13-14,20H,4-7,10-12H2,1-3H3. The van der Waals surface area contributed by atoms with E-state index in [-0.39, 0.29) is 0 Å². The van der Waals surface area contributed by atoms with Crippen molar-refractivity contribution in [2.75, 3.05) is 19.7 Å². The largest absolute Gasteiger partial charge is 0.493 e. The van der Waals surface area contributed by atoms with Crippen LogP contribution < -0.4 is 4.74 Å².